The number of hydrogen-bond acceptors (Lipinski definition) is 4. The molecule has 18 heavy (non-hydrogen) atoms. The van der Waals surface area contributed by atoms with Gasteiger partial charge in [-0.15, -0.1) is 0 Å². The number of nitrogens with one attached hydrogen (secondary N) is 1. The van der Waals surface area contributed by atoms with Gasteiger partial charge in [0.1, 0.15) is 5.76 Å². The van der Waals surface area contributed by atoms with Crippen molar-refractivity contribution in [1.82, 2.24) is 10.3 Å². The summed E-state index contributed by atoms with van der Waals surface area (Å²) in [6, 6.07) is 2.78. The van der Waals surface area contributed by atoms with E-state index in [2.05, 4.69) is 24.2 Å². The molecule has 1 amide bonds. The van der Waals surface area contributed by atoms with Crippen LogP contribution in [0.5, 0.6) is 0 Å². The minimum absolute atomic E-state index is 0.293. The van der Waals surface area contributed by atoms with Crippen LogP contribution >= 0.6 is 0 Å². The molecule has 0 radical (unpaired) electrons. The van der Waals surface area contributed by atoms with E-state index >= 15 is 0 Å². The Morgan fingerprint density at radius 2 is 2.39 bits per heavy atom. The summed E-state index contributed by atoms with van der Waals surface area (Å²) in [5.41, 5.74) is 2.69. The molecule has 3 N–H and O–H groups in total. The van der Waals surface area contributed by atoms with E-state index in [0.717, 1.165) is 6.42 Å². The normalized spacial score (nSPS) is 24.4. The molecule has 1 saturated heterocycles. The lowest BCUT2D eigenvalue weighted by Gasteiger charge is -2.26. The number of carbonyl (C=O) groups is 1. The van der Waals surface area contributed by atoms with E-state index in [1.165, 1.54) is 12.8 Å². The van der Waals surface area contributed by atoms with E-state index in [1.54, 1.807) is 12.3 Å². The third-order valence-electron chi connectivity index (χ3n) is 3.87. The lowest BCUT2D eigenvalue weighted by Crippen LogP contribution is -2.35. The molecule has 100 valence electrons. The molecule has 1 aromatic rings. The molecule has 1 aromatic heterocycles. The molecule has 1 fully saturated rings. The summed E-state index contributed by atoms with van der Waals surface area (Å²) < 4.78 is 5.43. The van der Waals surface area contributed by atoms with Gasteiger partial charge in [0, 0.05) is 12.1 Å². The number of hydrogen-bond donors (Lipinski definition) is 2. The van der Waals surface area contributed by atoms with Crippen LogP contribution in [0, 0.1) is 0 Å². The topological polar surface area (TPSA) is 71.5 Å². The van der Waals surface area contributed by atoms with Crippen molar-refractivity contribution in [1.29, 1.82) is 0 Å². The summed E-state index contributed by atoms with van der Waals surface area (Å²) in [6.07, 6.45) is 5.10. The fourth-order valence-electron chi connectivity index (χ4n) is 2.76. The zero-order valence-electron chi connectivity index (χ0n) is 11.0. The molecule has 2 heterocycles. The second-order valence-corrected chi connectivity index (χ2v) is 4.89. The molecule has 0 saturated carbocycles. The maximum absolute atomic E-state index is 11.6. The summed E-state index contributed by atoms with van der Waals surface area (Å²) in [5, 5.41) is 0. The number of nitrogen functional groups attached to an aromatic ring is 1. The molecule has 0 aromatic carbocycles. The fraction of sp³-hybridized carbons (Fsp3) is 0.615. The zero-order valence-corrected chi connectivity index (χ0v) is 11.0. The van der Waals surface area contributed by atoms with Crippen LogP contribution in [0.4, 0.5) is 0 Å². The summed E-state index contributed by atoms with van der Waals surface area (Å²) in [6.45, 7) is 5.10. The molecule has 1 aliphatic heterocycles. The van der Waals surface area contributed by atoms with Crippen LogP contribution in [0.25, 0.3) is 0 Å². The van der Waals surface area contributed by atoms with Crippen molar-refractivity contribution >= 4 is 5.91 Å². The van der Waals surface area contributed by atoms with Gasteiger partial charge < -0.3 is 4.42 Å². The summed E-state index contributed by atoms with van der Waals surface area (Å²) in [4.78, 5) is 14.0. The summed E-state index contributed by atoms with van der Waals surface area (Å²) in [5.74, 6) is 5.57. The average Bonchev–Trinajstić information content (AvgIpc) is 2.97. The average molecular weight is 251 g/mol. The first-order valence-electron chi connectivity index (χ1n) is 6.50. The van der Waals surface area contributed by atoms with Gasteiger partial charge in [-0.05, 0) is 32.3 Å². The molecular weight excluding hydrogens is 230 g/mol. The minimum Gasteiger partial charge on any atom is -0.467 e. The maximum atomic E-state index is 11.6. The van der Waals surface area contributed by atoms with E-state index < -0.39 is 0 Å². The lowest BCUT2D eigenvalue weighted by molar-refractivity contribution is 0.0947. The second-order valence-electron chi connectivity index (χ2n) is 4.89. The largest absolute Gasteiger partial charge is 0.467 e. The van der Waals surface area contributed by atoms with Gasteiger partial charge in [-0.2, -0.15) is 0 Å². The number of nitrogens with zero attached hydrogens (tertiary/aromatic N) is 1. The second kappa shape index (κ2) is 5.54. The SMILES string of the molecule is CCC1CCC(C)N1Cc1occc1C(=O)NN. The van der Waals surface area contributed by atoms with Crippen LogP contribution in [0.2, 0.25) is 0 Å². The van der Waals surface area contributed by atoms with Crippen LogP contribution in [0.1, 0.15) is 49.2 Å². The van der Waals surface area contributed by atoms with Crippen molar-refractivity contribution in [3.63, 3.8) is 0 Å². The predicted octanol–water partition coefficient (Wildman–Crippen LogP) is 1.65. The fourth-order valence-corrected chi connectivity index (χ4v) is 2.76. The van der Waals surface area contributed by atoms with Crippen molar-refractivity contribution in [2.24, 2.45) is 5.84 Å². The Morgan fingerprint density at radius 3 is 3.06 bits per heavy atom. The van der Waals surface area contributed by atoms with Crippen LogP contribution in [-0.2, 0) is 6.54 Å². The van der Waals surface area contributed by atoms with E-state index in [-0.39, 0.29) is 5.91 Å². The highest BCUT2D eigenvalue weighted by molar-refractivity contribution is 5.94. The van der Waals surface area contributed by atoms with Crippen molar-refractivity contribution < 1.29 is 9.21 Å². The molecule has 2 rings (SSSR count). The first-order valence-corrected chi connectivity index (χ1v) is 6.50. The summed E-state index contributed by atoms with van der Waals surface area (Å²) in [7, 11) is 0. The number of hydrazine groups is 1. The van der Waals surface area contributed by atoms with Crippen molar-refractivity contribution in [3.05, 3.63) is 23.7 Å². The van der Waals surface area contributed by atoms with E-state index in [1.807, 2.05) is 0 Å². The molecule has 0 bridgehead atoms. The molecule has 1 aliphatic rings. The minimum atomic E-state index is -0.293. The standard InChI is InChI=1S/C13H21N3O2/c1-3-10-5-4-9(2)16(10)8-12-11(6-7-18-12)13(17)15-14/h6-7,9-10H,3-5,8,14H2,1-2H3,(H,15,17). The van der Waals surface area contributed by atoms with Crippen LogP contribution in [0.15, 0.2) is 16.7 Å². The molecule has 5 nitrogen and oxygen atoms in total. The third-order valence-corrected chi connectivity index (χ3v) is 3.87. The first-order chi connectivity index (χ1) is 8.67. The Bertz CT molecular complexity index is 416. The Balaban J connectivity index is 2.13. The van der Waals surface area contributed by atoms with Gasteiger partial charge in [-0.3, -0.25) is 15.1 Å². The summed E-state index contributed by atoms with van der Waals surface area (Å²) >= 11 is 0. The maximum Gasteiger partial charge on any atom is 0.268 e. The van der Waals surface area contributed by atoms with Gasteiger partial charge >= 0.3 is 0 Å². The number of likely N-dealkylation sites (tertiary alicyclic amines) is 1. The Kier molecular flexibility index (Phi) is 4.04. The highest BCUT2D eigenvalue weighted by Crippen LogP contribution is 2.28. The molecule has 2 atom stereocenters. The zero-order chi connectivity index (χ0) is 13.1. The van der Waals surface area contributed by atoms with Crippen molar-refractivity contribution in [2.45, 2.75) is 51.7 Å². The molecule has 0 spiro atoms. The number of rotatable bonds is 4. The van der Waals surface area contributed by atoms with E-state index in [4.69, 9.17) is 10.3 Å². The van der Waals surface area contributed by atoms with Gasteiger partial charge in [-0.25, -0.2) is 5.84 Å². The Morgan fingerprint density at radius 1 is 1.61 bits per heavy atom. The molecule has 5 heteroatoms. The van der Waals surface area contributed by atoms with E-state index in [0.29, 0.717) is 30.0 Å². The monoisotopic (exact) mass is 251 g/mol. The van der Waals surface area contributed by atoms with Gasteiger partial charge in [0.05, 0.1) is 18.4 Å². The van der Waals surface area contributed by atoms with Crippen molar-refractivity contribution in [2.75, 3.05) is 0 Å². The van der Waals surface area contributed by atoms with Gasteiger partial charge in [0.2, 0.25) is 0 Å². The first kappa shape index (κ1) is 13.1. The van der Waals surface area contributed by atoms with Gasteiger partial charge in [-0.1, -0.05) is 6.92 Å². The number of furan rings is 1. The highest BCUT2D eigenvalue weighted by atomic mass is 16.3. The Hall–Kier alpha value is -1.33. The Labute approximate surface area is 107 Å². The molecular formula is C13H21N3O2. The van der Waals surface area contributed by atoms with Crippen LogP contribution in [0.3, 0.4) is 0 Å². The van der Waals surface area contributed by atoms with Gasteiger partial charge in [0.15, 0.2) is 0 Å². The number of amides is 1. The van der Waals surface area contributed by atoms with Gasteiger partial charge in [0.25, 0.3) is 5.91 Å². The van der Waals surface area contributed by atoms with Crippen LogP contribution in [-0.4, -0.2) is 22.9 Å². The van der Waals surface area contributed by atoms with Crippen LogP contribution < -0.4 is 11.3 Å². The third kappa shape index (κ3) is 2.42. The van der Waals surface area contributed by atoms with E-state index in [9.17, 15) is 4.79 Å². The lowest BCUT2D eigenvalue weighted by atomic mass is 10.1. The molecule has 2 unspecified atom stereocenters. The number of nitrogens with two attached hydrogens (primary N) is 1. The van der Waals surface area contributed by atoms with Crippen molar-refractivity contribution in [3.8, 4) is 0 Å². The number of carbonyl (C=O) groups excluding carboxylic acids is 1. The predicted molar refractivity (Wildman–Crippen MR) is 68.7 cm³/mol. The highest BCUT2D eigenvalue weighted by Gasteiger charge is 2.30. The quantitative estimate of drug-likeness (QED) is 0.485. The smallest absolute Gasteiger partial charge is 0.268 e. The molecule has 0 aliphatic carbocycles.